The minimum Gasteiger partial charge on any atom is -0.497 e. The summed E-state index contributed by atoms with van der Waals surface area (Å²) < 4.78 is 6.96. The molecule has 0 fully saturated rings. The van der Waals surface area contributed by atoms with Gasteiger partial charge in [-0.3, -0.25) is 9.78 Å². The van der Waals surface area contributed by atoms with Crippen LogP contribution in [0.1, 0.15) is 18.5 Å². The molecule has 3 heterocycles. The number of carbonyl (C=O) groups excluding carboxylic acids is 1. The van der Waals surface area contributed by atoms with Gasteiger partial charge >= 0.3 is 0 Å². The van der Waals surface area contributed by atoms with Crippen molar-refractivity contribution in [2.24, 2.45) is 0 Å². The monoisotopic (exact) mass is 438 g/mol. The van der Waals surface area contributed by atoms with Crippen LogP contribution in [0.3, 0.4) is 0 Å². The van der Waals surface area contributed by atoms with Crippen molar-refractivity contribution < 1.29 is 9.53 Å². The van der Waals surface area contributed by atoms with Gasteiger partial charge < -0.3 is 15.4 Å². The van der Waals surface area contributed by atoms with E-state index in [1.54, 1.807) is 48.5 Å². The second-order valence-electron chi connectivity index (χ2n) is 7.60. The first-order chi connectivity index (χ1) is 16.1. The van der Waals surface area contributed by atoms with Gasteiger partial charge in [-0.15, -0.1) is 5.10 Å². The summed E-state index contributed by atoms with van der Waals surface area (Å²) in [4.78, 5) is 22.3. The van der Waals surface area contributed by atoms with E-state index in [1.807, 2.05) is 49.4 Å². The van der Waals surface area contributed by atoms with Crippen LogP contribution < -0.4 is 15.4 Å². The minimum absolute atomic E-state index is 0.227. The highest BCUT2D eigenvalue weighted by molar-refractivity contribution is 6.06. The number of hydrogen-bond acceptors (Lipinski definition) is 6. The van der Waals surface area contributed by atoms with Gasteiger partial charge in [-0.1, -0.05) is 30.3 Å². The smallest absolute Gasteiger partial charge is 0.255 e. The van der Waals surface area contributed by atoms with Crippen molar-refractivity contribution in [1.29, 1.82) is 0 Å². The maximum atomic E-state index is 13.5. The number of amides is 1. The third-order valence-corrected chi connectivity index (χ3v) is 5.50. The van der Waals surface area contributed by atoms with Crippen LogP contribution >= 0.6 is 0 Å². The molecule has 8 heteroatoms. The van der Waals surface area contributed by atoms with Crippen molar-refractivity contribution in [3.63, 3.8) is 0 Å². The molecule has 0 aliphatic carbocycles. The fourth-order valence-corrected chi connectivity index (χ4v) is 3.88. The van der Waals surface area contributed by atoms with Crippen molar-refractivity contribution in [3.05, 3.63) is 96.0 Å². The number of nitrogens with zero attached hydrogens (tertiary/aromatic N) is 4. The lowest BCUT2D eigenvalue weighted by atomic mass is 9.96. The maximum Gasteiger partial charge on any atom is 0.255 e. The van der Waals surface area contributed by atoms with Gasteiger partial charge in [-0.25, -0.2) is 4.68 Å². The Morgan fingerprint density at radius 1 is 1.03 bits per heavy atom. The van der Waals surface area contributed by atoms with Crippen LogP contribution in [0, 0.1) is 0 Å². The third kappa shape index (κ3) is 3.94. The van der Waals surface area contributed by atoms with Crippen LogP contribution in [0.4, 0.5) is 11.6 Å². The molecule has 0 saturated heterocycles. The first kappa shape index (κ1) is 20.4. The molecule has 0 bridgehead atoms. The zero-order valence-electron chi connectivity index (χ0n) is 18.2. The Hall–Kier alpha value is -4.46. The van der Waals surface area contributed by atoms with E-state index in [-0.39, 0.29) is 5.91 Å². The summed E-state index contributed by atoms with van der Waals surface area (Å²) in [5.74, 6) is 1.66. The SMILES string of the molecule is COc1ccc(NC(=O)C2=C(C)Nc3nc(-c4ccccc4)nn3C2c2ccncc2)cc1. The largest absolute Gasteiger partial charge is 0.497 e. The number of benzene rings is 2. The Balaban J connectivity index is 1.55. The molecule has 2 aromatic carbocycles. The fourth-order valence-electron chi connectivity index (χ4n) is 3.88. The summed E-state index contributed by atoms with van der Waals surface area (Å²) >= 11 is 0. The van der Waals surface area contributed by atoms with E-state index in [0.717, 1.165) is 16.9 Å². The number of pyridine rings is 1. The minimum atomic E-state index is -0.465. The Kier molecular flexibility index (Phi) is 5.32. The van der Waals surface area contributed by atoms with Crippen molar-refractivity contribution in [1.82, 2.24) is 19.7 Å². The number of allylic oxidation sites excluding steroid dienone is 1. The predicted octanol–water partition coefficient (Wildman–Crippen LogP) is 4.28. The average molecular weight is 438 g/mol. The van der Waals surface area contributed by atoms with Crippen LogP contribution in [0.2, 0.25) is 0 Å². The number of aromatic nitrogens is 4. The topological polar surface area (TPSA) is 94.0 Å². The molecule has 33 heavy (non-hydrogen) atoms. The van der Waals surface area contributed by atoms with Gasteiger partial charge in [0.25, 0.3) is 5.91 Å². The van der Waals surface area contributed by atoms with E-state index in [0.29, 0.717) is 28.7 Å². The van der Waals surface area contributed by atoms with E-state index >= 15 is 0 Å². The average Bonchev–Trinajstić information content (AvgIpc) is 3.28. The number of methoxy groups -OCH3 is 1. The van der Waals surface area contributed by atoms with Crippen molar-refractivity contribution in [2.75, 3.05) is 17.7 Å². The van der Waals surface area contributed by atoms with Crippen LogP contribution in [-0.4, -0.2) is 32.8 Å². The molecule has 0 saturated carbocycles. The molecule has 1 atom stereocenters. The normalized spacial score (nSPS) is 14.9. The molecule has 1 aliphatic heterocycles. The molecule has 164 valence electrons. The molecule has 1 amide bonds. The van der Waals surface area contributed by atoms with Crippen molar-refractivity contribution in [3.8, 4) is 17.1 Å². The van der Waals surface area contributed by atoms with Crippen LogP contribution in [0.15, 0.2) is 90.4 Å². The van der Waals surface area contributed by atoms with Crippen LogP contribution in [0.25, 0.3) is 11.4 Å². The second kappa shape index (κ2) is 8.58. The maximum absolute atomic E-state index is 13.5. The summed E-state index contributed by atoms with van der Waals surface area (Å²) in [6.07, 6.45) is 3.42. The van der Waals surface area contributed by atoms with Gasteiger partial charge in [-0.2, -0.15) is 4.98 Å². The van der Waals surface area contributed by atoms with E-state index in [1.165, 1.54) is 0 Å². The van der Waals surface area contributed by atoms with Crippen molar-refractivity contribution >= 4 is 17.5 Å². The van der Waals surface area contributed by atoms with Gasteiger partial charge in [0.05, 0.1) is 12.7 Å². The number of fused-ring (bicyclic) bond motifs is 1. The molecule has 5 rings (SSSR count). The lowest BCUT2D eigenvalue weighted by molar-refractivity contribution is -0.113. The zero-order chi connectivity index (χ0) is 22.8. The number of ether oxygens (including phenoxy) is 1. The summed E-state index contributed by atoms with van der Waals surface area (Å²) in [5, 5.41) is 11.0. The molecule has 0 spiro atoms. The lowest BCUT2D eigenvalue weighted by Gasteiger charge is -2.28. The molecule has 2 N–H and O–H groups in total. The van der Waals surface area contributed by atoms with E-state index < -0.39 is 6.04 Å². The van der Waals surface area contributed by atoms with Gasteiger partial charge in [0.2, 0.25) is 5.95 Å². The molecule has 8 nitrogen and oxygen atoms in total. The highest BCUT2D eigenvalue weighted by Gasteiger charge is 2.34. The van der Waals surface area contributed by atoms with E-state index in [9.17, 15) is 4.79 Å². The van der Waals surface area contributed by atoms with E-state index in [2.05, 4.69) is 20.6 Å². The third-order valence-electron chi connectivity index (χ3n) is 5.50. The second-order valence-corrected chi connectivity index (χ2v) is 7.60. The Labute approximate surface area is 191 Å². The molecule has 4 aromatic rings. The molecule has 1 unspecified atom stereocenters. The molecular weight excluding hydrogens is 416 g/mol. The van der Waals surface area contributed by atoms with Gasteiger partial charge in [0.1, 0.15) is 11.8 Å². The standard InChI is InChI=1S/C25H22N6O2/c1-16-21(24(32)28-19-8-10-20(33-2)11-9-19)22(17-12-14-26-15-13-17)31-25(27-16)29-23(30-31)18-6-4-3-5-7-18/h3-15,22H,1-2H3,(H,28,32)(H,27,29,30). The summed E-state index contributed by atoms with van der Waals surface area (Å²) in [6, 6.07) is 20.3. The number of carbonyl (C=O) groups is 1. The molecule has 2 aromatic heterocycles. The lowest BCUT2D eigenvalue weighted by Crippen LogP contribution is -2.31. The Morgan fingerprint density at radius 2 is 1.76 bits per heavy atom. The molecule has 0 radical (unpaired) electrons. The molecular formula is C25H22N6O2. The van der Waals surface area contributed by atoms with Crippen LogP contribution in [-0.2, 0) is 4.79 Å². The quantitative estimate of drug-likeness (QED) is 0.483. The summed E-state index contributed by atoms with van der Waals surface area (Å²) in [7, 11) is 1.61. The van der Waals surface area contributed by atoms with Crippen LogP contribution in [0.5, 0.6) is 5.75 Å². The van der Waals surface area contributed by atoms with Gasteiger partial charge in [0, 0.05) is 29.3 Å². The first-order valence-electron chi connectivity index (χ1n) is 10.5. The van der Waals surface area contributed by atoms with Crippen molar-refractivity contribution in [2.45, 2.75) is 13.0 Å². The number of hydrogen-bond donors (Lipinski definition) is 2. The summed E-state index contributed by atoms with van der Waals surface area (Å²) in [5.41, 5.74) is 3.72. The number of rotatable bonds is 5. The number of anilines is 2. The first-order valence-corrected chi connectivity index (χ1v) is 10.5. The highest BCUT2D eigenvalue weighted by atomic mass is 16.5. The Morgan fingerprint density at radius 3 is 2.45 bits per heavy atom. The van der Waals surface area contributed by atoms with Gasteiger partial charge in [0.15, 0.2) is 5.82 Å². The van der Waals surface area contributed by atoms with E-state index in [4.69, 9.17) is 9.84 Å². The Bertz CT molecular complexity index is 1310. The zero-order valence-corrected chi connectivity index (χ0v) is 18.2. The predicted molar refractivity (Wildman–Crippen MR) is 126 cm³/mol. The summed E-state index contributed by atoms with van der Waals surface area (Å²) in [6.45, 7) is 1.87. The molecule has 1 aliphatic rings. The van der Waals surface area contributed by atoms with Gasteiger partial charge in [-0.05, 0) is 48.9 Å². The number of nitrogens with one attached hydrogen (secondary N) is 2. The fraction of sp³-hybridized carbons (Fsp3) is 0.120. The highest BCUT2D eigenvalue weighted by Crippen LogP contribution is 2.36.